The van der Waals surface area contributed by atoms with Gasteiger partial charge in [-0.1, -0.05) is 12.1 Å². The number of aliphatic hydroxyl groups excluding tert-OH is 1. The fourth-order valence-corrected chi connectivity index (χ4v) is 4.47. The van der Waals surface area contributed by atoms with E-state index in [0.29, 0.717) is 35.2 Å². The molecule has 0 bridgehead atoms. The molecule has 1 unspecified atom stereocenters. The van der Waals surface area contributed by atoms with Crippen LogP contribution in [0.1, 0.15) is 79.0 Å². The third-order valence-corrected chi connectivity index (χ3v) is 6.34. The average Bonchev–Trinajstić information content (AvgIpc) is 3.68. The van der Waals surface area contributed by atoms with Gasteiger partial charge in [0.05, 0.1) is 16.7 Å². The standard InChI is InChI=1S/C23H25N7O/c1-12(31)22-24-13(2)28-30(22)20-11-18(25-21(27-20)14-8-9-14)15-10-16(15)23-26-17-6-4-5-7-19(17)29(23)3/h4-7,11-12,14-16,31H,8-10H2,1-3H3/t12?,15-,16-/m1/s1. The molecule has 0 amide bonds. The van der Waals surface area contributed by atoms with Crippen molar-refractivity contribution >= 4 is 11.0 Å². The Morgan fingerprint density at radius 2 is 1.87 bits per heavy atom. The number of nitrogens with zero attached hydrogens (tertiary/aromatic N) is 7. The monoisotopic (exact) mass is 415 g/mol. The molecule has 2 aliphatic carbocycles. The lowest BCUT2D eigenvalue weighted by atomic mass is 10.2. The molecule has 3 heterocycles. The SMILES string of the molecule is Cc1nc(C(C)O)n(-c2cc([C@@H]3C[C@H]3c3nc4ccccc4n3C)nc(C3CC3)n2)n1. The van der Waals surface area contributed by atoms with Crippen molar-refractivity contribution in [3.05, 3.63) is 59.3 Å². The van der Waals surface area contributed by atoms with Crippen LogP contribution in [0.4, 0.5) is 0 Å². The summed E-state index contributed by atoms with van der Waals surface area (Å²) in [4.78, 5) is 19.0. The zero-order chi connectivity index (χ0) is 21.3. The third kappa shape index (κ3) is 3.13. The lowest BCUT2D eigenvalue weighted by molar-refractivity contribution is 0.186. The molecule has 1 aromatic carbocycles. The average molecular weight is 416 g/mol. The number of aromatic nitrogens is 7. The Kier molecular flexibility index (Phi) is 4.02. The Morgan fingerprint density at radius 1 is 1.06 bits per heavy atom. The third-order valence-electron chi connectivity index (χ3n) is 6.34. The first-order valence-corrected chi connectivity index (χ1v) is 10.9. The van der Waals surface area contributed by atoms with Crippen molar-refractivity contribution in [2.24, 2.45) is 7.05 Å². The van der Waals surface area contributed by atoms with Crippen LogP contribution in [0.3, 0.4) is 0 Å². The van der Waals surface area contributed by atoms with E-state index in [0.717, 1.165) is 47.6 Å². The molecular formula is C23H25N7O. The second-order valence-electron chi connectivity index (χ2n) is 8.85. The minimum atomic E-state index is -0.724. The van der Waals surface area contributed by atoms with E-state index < -0.39 is 6.10 Å². The molecule has 1 N–H and O–H groups in total. The number of para-hydroxylation sites is 2. The predicted octanol–water partition coefficient (Wildman–Crippen LogP) is 3.45. The highest BCUT2D eigenvalue weighted by Gasteiger charge is 2.44. The number of benzene rings is 1. The first-order valence-electron chi connectivity index (χ1n) is 10.9. The number of hydrogen-bond donors (Lipinski definition) is 1. The highest BCUT2D eigenvalue weighted by Crippen LogP contribution is 2.54. The molecule has 0 spiro atoms. The minimum absolute atomic E-state index is 0.314. The van der Waals surface area contributed by atoms with Crippen LogP contribution in [-0.4, -0.2) is 39.4 Å². The highest BCUT2D eigenvalue weighted by molar-refractivity contribution is 5.76. The number of aliphatic hydroxyl groups is 1. The molecule has 0 saturated heterocycles. The van der Waals surface area contributed by atoms with Crippen LogP contribution in [0.5, 0.6) is 0 Å². The Hall–Kier alpha value is -3.13. The molecule has 0 radical (unpaired) electrons. The molecule has 2 fully saturated rings. The van der Waals surface area contributed by atoms with Crippen molar-refractivity contribution in [2.75, 3.05) is 0 Å². The van der Waals surface area contributed by atoms with Crippen LogP contribution in [0, 0.1) is 6.92 Å². The van der Waals surface area contributed by atoms with Crippen molar-refractivity contribution in [3.8, 4) is 5.82 Å². The van der Waals surface area contributed by atoms with Gasteiger partial charge in [0.1, 0.15) is 23.6 Å². The maximum absolute atomic E-state index is 10.2. The van der Waals surface area contributed by atoms with Gasteiger partial charge in [-0.2, -0.15) is 4.68 Å². The Morgan fingerprint density at radius 3 is 2.61 bits per heavy atom. The van der Waals surface area contributed by atoms with Gasteiger partial charge in [0.15, 0.2) is 11.6 Å². The van der Waals surface area contributed by atoms with Crippen LogP contribution in [0.15, 0.2) is 30.3 Å². The Labute approximate surface area is 180 Å². The van der Waals surface area contributed by atoms with Crippen molar-refractivity contribution < 1.29 is 5.11 Å². The van der Waals surface area contributed by atoms with E-state index in [4.69, 9.17) is 15.0 Å². The van der Waals surface area contributed by atoms with Gasteiger partial charge in [-0.15, -0.1) is 5.10 Å². The lowest BCUT2D eigenvalue weighted by Crippen LogP contribution is -2.11. The smallest absolute Gasteiger partial charge is 0.162 e. The normalized spacial score (nSPS) is 21.5. The van der Waals surface area contributed by atoms with Crippen molar-refractivity contribution in [3.63, 3.8) is 0 Å². The van der Waals surface area contributed by atoms with E-state index in [9.17, 15) is 5.11 Å². The van der Waals surface area contributed by atoms with Gasteiger partial charge in [-0.25, -0.2) is 19.9 Å². The van der Waals surface area contributed by atoms with E-state index in [1.807, 2.05) is 19.1 Å². The summed E-state index contributed by atoms with van der Waals surface area (Å²) in [5.41, 5.74) is 3.23. The summed E-state index contributed by atoms with van der Waals surface area (Å²) in [5.74, 6) is 4.90. The van der Waals surface area contributed by atoms with E-state index in [1.165, 1.54) is 0 Å². The van der Waals surface area contributed by atoms with Gasteiger partial charge in [-0.05, 0) is 45.2 Å². The quantitative estimate of drug-likeness (QED) is 0.536. The van der Waals surface area contributed by atoms with Crippen LogP contribution in [0.25, 0.3) is 16.9 Å². The molecule has 8 heteroatoms. The van der Waals surface area contributed by atoms with E-state index >= 15 is 0 Å². The van der Waals surface area contributed by atoms with Gasteiger partial charge in [-0.3, -0.25) is 0 Å². The number of aryl methyl sites for hydroxylation is 2. The van der Waals surface area contributed by atoms with Crippen LogP contribution >= 0.6 is 0 Å². The van der Waals surface area contributed by atoms with E-state index in [1.54, 1.807) is 11.6 Å². The molecule has 6 rings (SSSR count). The summed E-state index contributed by atoms with van der Waals surface area (Å²) in [6.07, 6.45) is 2.55. The van der Waals surface area contributed by atoms with Crippen LogP contribution in [0.2, 0.25) is 0 Å². The highest BCUT2D eigenvalue weighted by atomic mass is 16.3. The molecule has 3 aromatic heterocycles. The summed E-state index contributed by atoms with van der Waals surface area (Å²) in [6.45, 7) is 3.53. The number of hydrogen-bond acceptors (Lipinski definition) is 6. The number of rotatable bonds is 5. The molecule has 8 nitrogen and oxygen atoms in total. The maximum atomic E-state index is 10.2. The first-order chi connectivity index (χ1) is 15.0. The summed E-state index contributed by atoms with van der Waals surface area (Å²) in [7, 11) is 2.09. The van der Waals surface area contributed by atoms with Gasteiger partial charge in [0, 0.05) is 30.9 Å². The maximum Gasteiger partial charge on any atom is 0.162 e. The summed E-state index contributed by atoms with van der Waals surface area (Å²) < 4.78 is 3.87. The second-order valence-corrected chi connectivity index (χ2v) is 8.85. The van der Waals surface area contributed by atoms with Gasteiger partial charge in [0.25, 0.3) is 0 Å². The molecule has 31 heavy (non-hydrogen) atoms. The molecule has 0 aliphatic heterocycles. The summed E-state index contributed by atoms with van der Waals surface area (Å²) in [6, 6.07) is 10.3. The predicted molar refractivity (Wildman–Crippen MR) is 115 cm³/mol. The summed E-state index contributed by atoms with van der Waals surface area (Å²) in [5, 5.41) is 14.7. The first kappa shape index (κ1) is 18.6. The Bertz CT molecular complexity index is 1300. The van der Waals surface area contributed by atoms with Crippen molar-refractivity contribution in [1.29, 1.82) is 0 Å². The molecule has 2 saturated carbocycles. The lowest BCUT2D eigenvalue weighted by Gasteiger charge is -2.11. The minimum Gasteiger partial charge on any atom is -0.385 e. The molecule has 158 valence electrons. The second kappa shape index (κ2) is 6.68. The zero-order valence-corrected chi connectivity index (χ0v) is 17.9. The Balaban J connectivity index is 1.40. The number of fused-ring (bicyclic) bond motifs is 1. The van der Waals surface area contributed by atoms with Crippen molar-refractivity contribution in [1.82, 2.24) is 34.3 Å². The van der Waals surface area contributed by atoms with Gasteiger partial charge in [0.2, 0.25) is 0 Å². The zero-order valence-electron chi connectivity index (χ0n) is 17.9. The molecular weight excluding hydrogens is 390 g/mol. The van der Waals surface area contributed by atoms with Crippen LogP contribution < -0.4 is 0 Å². The fourth-order valence-electron chi connectivity index (χ4n) is 4.47. The molecule has 2 aliphatic rings. The molecule has 3 atom stereocenters. The van der Waals surface area contributed by atoms with Gasteiger partial charge >= 0.3 is 0 Å². The van der Waals surface area contributed by atoms with Crippen LogP contribution in [-0.2, 0) is 7.05 Å². The van der Waals surface area contributed by atoms with Gasteiger partial charge < -0.3 is 9.67 Å². The largest absolute Gasteiger partial charge is 0.385 e. The van der Waals surface area contributed by atoms with E-state index in [2.05, 4.69) is 39.9 Å². The molecule has 4 aromatic rings. The summed E-state index contributed by atoms with van der Waals surface area (Å²) >= 11 is 0. The topological polar surface area (TPSA) is 94.5 Å². The van der Waals surface area contributed by atoms with Crippen molar-refractivity contribution in [2.45, 2.75) is 57.0 Å². The fraction of sp³-hybridized carbons (Fsp3) is 0.435. The number of imidazole rings is 1. The van der Waals surface area contributed by atoms with E-state index in [-0.39, 0.29) is 0 Å².